The van der Waals surface area contributed by atoms with Gasteiger partial charge >= 0.3 is 6.03 Å². The molecule has 0 saturated carbocycles. The highest BCUT2D eigenvalue weighted by atomic mass is 16.5. The van der Waals surface area contributed by atoms with Crippen molar-refractivity contribution in [2.24, 2.45) is 0 Å². The Hall–Kier alpha value is -2.12. The van der Waals surface area contributed by atoms with Crippen molar-refractivity contribution in [1.29, 1.82) is 0 Å². The highest BCUT2D eigenvalue weighted by molar-refractivity contribution is 5.93. The molecule has 2 heterocycles. The summed E-state index contributed by atoms with van der Waals surface area (Å²) in [6.07, 6.45) is 3.60. The minimum absolute atomic E-state index is 0.0195. The number of nitrogens with one attached hydrogen (secondary N) is 2. The van der Waals surface area contributed by atoms with Crippen LogP contribution in [0.5, 0.6) is 0 Å². The van der Waals surface area contributed by atoms with Crippen molar-refractivity contribution in [3.8, 4) is 0 Å². The number of ether oxygens (including phenoxy) is 1. The van der Waals surface area contributed by atoms with Crippen LogP contribution in [0.3, 0.4) is 0 Å². The molecule has 2 aliphatic heterocycles. The second-order valence-corrected chi connectivity index (χ2v) is 6.62. The van der Waals surface area contributed by atoms with Gasteiger partial charge in [-0.2, -0.15) is 0 Å². The highest BCUT2D eigenvalue weighted by Gasteiger charge is 2.31. The van der Waals surface area contributed by atoms with Crippen LogP contribution in [-0.2, 0) is 9.53 Å². The lowest BCUT2D eigenvalue weighted by atomic mass is 10.2. The van der Waals surface area contributed by atoms with Gasteiger partial charge in [0.1, 0.15) is 6.61 Å². The van der Waals surface area contributed by atoms with Crippen molar-refractivity contribution in [1.82, 2.24) is 9.80 Å². The maximum Gasteiger partial charge on any atom is 0.321 e. The molecule has 0 aromatic heterocycles. The predicted molar refractivity (Wildman–Crippen MR) is 96.8 cm³/mol. The largest absolute Gasteiger partial charge is 0.375 e. The van der Waals surface area contributed by atoms with Crippen molar-refractivity contribution >= 4 is 23.3 Å². The van der Waals surface area contributed by atoms with E-state index in [1.165, 1.54) is 20.0 Å². The van der Waals surface area contributed by atoms with Gasteiger partial charge in [0.25, 0.3) is 0 Å². The van der Waals surface area contributed by atoms with Gasteiger partial charge in [0.2, 0.25) is 5.91 Å². The number of hydrogen-bond acceptors (Lipinski definition) is 4. The molecular formula is C18H26N4O3. The van der Waals surface area contributed by atoms with Crippen LogP contribution < -0.4 is 10.6 Å². The fourth-order valence-electron chi connectivity index (χ4n) is 3.50. The summed E-state index contributed by atoms with van der Waals surface area (Å²) in [6.45, 7) is 3.95. The topological polar surface area (TPSA) is 73.9 Å². The summed E-state index contributed by atoms with van der Waals surface area (Å²) in [5.41, 5.74) is 1.40. The molecule has 0 bridgehead atoms. The third-order valence-electron chi connectivity index (χ3n) is 4.80. The molecule has 7 heteroatoms. The maximum absolute atomic E-state index is 12.4. The summed E-state index contributed by atoms with van der Waals surface area (Å²) < 4.78 is 4.78. The molecule has 2 N–H and O–H groups in total. The minimum atomic E-state index is -0.204. The standard InChI is InChI=1S/C18H26N4O3/c1-25-13-17(23)19-14-4-6-15(7-5-14)20-18(24)22-11-8-16(12-22)21-9-2-3-10-21/h4-7,16H,2-3,8-13H2,1H3,(H,19,23)(H,20,24)/t16-/m0/s1. The Morgan fingerprint density at radius 2 is 1.72 bits per heavy atom. The Morgan fingerprint density at radius 1 is 1.08 bits per heavy atom. The van der Waals surface area contributed by atoms with Gasteiger partial charge in [0.15, 0.2) is 0 Å². The predicted octanol–water partition coefficient (Wildman–Crippen LogP) is 1.97. The Kier molecular flexibility index (Phi) is 5.88. The van der Waals surface area contributed by atoms with E-state index in [9.17, 15) is 9.59 Å². The Morgan fingerprint density at radius 3 is 2.36 bits per heavy atom. The maximum atomic E-state index is 12.4. The number of carbonyl (C=O) groups is 2. The van der Waals surface area contributed by atoms with Gasteiger partial charge < -0.3 is 20.3 Å². The van der Waals surface area contributed by atoms with Gasteiger partial charge in [-0.25, -0.2) is 4.79 Å². The van der Waals surface area contributed by atoms with E-state index in [1.807, 2.05) is 4.90 Å². The zero-order valence-electron chi connectivity index (χ0n) is 14.7. The van der Waals surface area contributed by atoms with Gasteiger partial charge in [0, 0.05) is 37.6 Å². The van der Waals surface area contributed by atoms with E-state index in [1.54, 1.807) is 24.3 Å². The van der Waals surface area contributed by atoms with Gasteiger partial charge in [-0.3, -0.25) is 9.69 Å². The lowest BCUT2D eigenvalue weighted by Crippen LogP contribution is -2.38. The summed E-state index contributed by atoms with van der Waals surface area (Å²) >= 11 is 0. The van der Waals surface area contributed by atoms with E-state index in [0.717, 1.165) is 38.3 Å². The molecule has 7 nitrogen and oxygen atoms in total. The molecule has 1 atom stereocenters. The summed E-state index contributed by atoms with van der Waals surface area (Å²) in [7, 11) is 1.48. The fourth-order valence-corrected chi connectivity index (χ4v) is 3.50. The Bertz CT molecular complexity index is 599. The molecule has 2 fully saturated rings. The monoisotopic (exact) mass is 346 g/mol. The fraction of sp³-hybridized carbons (Fsp3) is 0.556. The van der Waals surface area contributed by atoms with Crippen LogP contribution in [0.25, 0.3) is 0 Å². The molecule has 3 amide bonds. The molecular weight excluding hydrogens is 320 g/mol. The van der Waals surface area contributed by atoms with Gasteiger partial charge in [0.05, 0.1) is 0 Å². The zero-order chi connectivity index (χ0) is 17.6. The van der Waals surface area contributed by atoms with Gasteiger partial charge in [-0.1, -0.05) is 0 Å². The van der Waals surface area contributed by atoms with Crippen LogP contribution in [0.1, 0.15) is 19.3 Å². The highest BCUT2D eigenvalue weighted by Crippen LogP contribution is 2.21. The van der Waals surface area contributed by atoms with Crippen molar-refractivity contribution in [3.05, 3.63) is 24.3 Å². The Balaban J connectivity index is 1.48. The molecule has 2 saturated heterocycles. The van der Waals surface area contributed by atoms with Crippen LogP contribution in [0.15, 0.2) is 24.3 Å². The van der Waals surface area contributed by atoms with Crippen LogP contribution in [0.4, 0.5) is 16.2 Å². The molecule has 0 unspecified atom stereocenters. The van der Waals surface area contributed by atoms with Gasteiger partial charge in [-0.05, 0) is 56.6 Å². The number of hydrogen-bond donors (Lipinski definition) is 2. The SMILES string of the molecule is COCC(=O)Nc1ccc(NC(=O)N2CC[C@H](N3CCCC3)C2)cc1. The summed E-state index contributed by atoms with van der Waals surface area (Å²) in [5.74, 6) is -0.204. The molecule has 25 heavy (non-hydrogen) atoms. The average molecular weight is 346 g/mol. The third kappa shape index (κ3) is 4.70. The first-order valence-corrected chi connectivity index (χ1v) is 8.84. The third-order valence-corrected chi connectivity index (χ3v) is 4.80. The first-order chi connectivity index (χ1) is 12.2. The van der Waals surface area contributed by atoms with E-state index in [0.29, 0.717) is 11.7 Å². The van der Waals surface area contributed by atoms with E-state index in [-0.39, 0.29) is 18.5 Å². The number of nitrogens with zero attached hydrogens (tertiary/aromatic N) is 2. The number of carbonyl (C=O) groups excluding carboxylic acids is 2. The summed E-state index contributed by atoms with van der Waals surface area (Å²) in [5, 5.41) is 5.65. The van der Waals surface area contributed by atoms with Crippen LogP contribution in [-0.4, -0.2) is 67.7 Å². The zero-order valence-corrected chi connectivity index (χ0v) is 14.7. The number of rotatable bonds is 5. The van der Waals surface area contributed by atoms with Crippen molar-refractivity contribution in [2.45, 2.75) is 25.3 Å². The quantitative estimate of drug-likeness (QED) is 0.855. The minimum Gasteiger partial charge on any atom is -0.375 e. The van der Waals surface area contributed by atoms with Crippen molar-refractivity contribution < 1.29 is 14.3 Å². The smallest absolute Gasteiger partial charge is 0.321 e. The van der Waals surface area contributed by atoms with E-state index >= 15 is 0 Å². The molecule has 1 aromatic rings. The number of urea groups is 1. The molecule has 0 radical (unpaired) electrons. The number of amides is 3. The number of benzene rings is 1. The number of likely N-dealkylation sites (tertiary alicyclic amines) is 2. The molecule has 3 rings (SSSR count). The molecule has 0 spiro atoms. The molecule has 136 valence electrons. The Labute approximate surface area is 148 Å². The van der Waals surface area contributed by atoms with Crippen molar-refractivity contribution in [3.63, 3.8) is 0 Å². The van der Waals surface area contributed by atoms with Crippen LogP contribution in [0, 0.1) is 0 Å². The van der Waals surface area contributed by atoms with Crippen LogP contribution >= 0.6 is 0 Å². The van der Waals surface area contributed by atoms with E-state index in [2.05, 4.69) is 15.5 Å². The second kappa shape index (κ2) is 8.31. The van der Waals surface area contributed by atoms with E-state index in [4.69, 9.17) is 4.74 Å². The van der Waals surface area contributed by atoms with E-state index < -0.39 is 0 Å². The number of methoxy groups -OCH3 is 1. The molecule has 2 aliphatic rings. The number of anilines is 2. The first-order valence-electron chi connectivity index (χ1n) is 8.84. The first kappa shape index (κ1) is 17.7. The van der Waals surface area contributed by atoms with Crippen molar-refractivity contribution in [2.75, 3.05) is 50.5 Å². The lowest BCUT2D eigenvalue weighted by molar-refractivity contribution is -0.119. The second-order valence-electron chi connectivity index (χ2n) is 6.62. The summed E-state index contributed by atoms with van der Waals surface area (Å²) in [4.78, 5) is 28.3. The lowest BCUT2D eigenvalue weighted by Gasteiger charge is -2.23. The van der Waals surface area contributed by atoms with Gasteiger partial charge in [-0.15, -0.1) is 0 Å². The average Bonchev–Trinajstić information content (AvgIpc) is 3.28. The molecule has 1 aromatic carbocycles. The molecule has 0 aliphatic carbocycles. The normalized spacial score (nSPS) is 20.7. The van der Waals surface area contributed by atoms with Crippen LogP contribution in [0.2, 0.25) is 0 Å². The summed E-state index contributed by atoms with van der Waals surface area (Å²) in [6, 6.07) is 7.55.